The Kier molecular flexibility index (Phi) is 5.86. The molecule has 1 amide bonds. The molecule has 0 saturated carbocycles. The second-order valence-electron chi connectivity index (χ2n) is 5.47. The van der Waals surface area contributed by atoms with Crippen molar-refractivity contribution in [3.05, 3.63) is 23.7 Å². The number of rotatable bonds is 7. The highest BCUT2D eigenvalue weighted by molar-refractivity contribution is 8.01. The molecule has 6 nitrogen and oxygen atoms in total. The molecule has 1 rings (SSSR count). The van der Waals surface area contributed by atoms with Crippen molar-refractivity contribution in [3.8, 4) is 0 Å². The third kappa shape index (κ3) is 5.09. The predicted octanol–water partition coefficient (Wildman–Crippen LogP) is 1.47. The minimum absolute atomic E-state index is 0.0975. The summed E-state index contributed by atoms with van der Waals surface area (Å²) in [5.41, 5.74) is 5.62. The molecule has 1 aromatic heterocycles. The van der Waals surface area contributed by atoms with Crippen LogP contribution in [0.3, 0.4) is 0 Å². The molecule has 118 valence electrons. The lowest BCUT2D eigenvalue weighted by Gasteiger charge is -2.28. The fourth-order valence-corrected chi connectivity index (χ4v) is 2.63. The van der Waals surface area contributed by atoms with Gasteiger partial charge in [-0.2, -0.15) is 0 Å². The Morgan fingerprint density at radius 1 is 1.48 bits per heavy atom. The summed E-state index contributed by atoms with van der Waals surface area (Å²) in [6.07, 6.45) is 0. The van der Waals surface area contributed by atoms with E-state index in [0.29, 0.717) is 6.54 Å². The number of hydrogen-bond acceptors (Lipinski definition) is 5. The molecular formula is C14H22N2O4S. The van der Waals surface area contributed by atoms with Gasteiger partial charge < -0.3 is 20.2 Å². The van der Waals surface area contributed by atoms with Gasteiger partial charge >= 0.3 is 5.97 Å². The summed E-state index contributed by atoms with van der Waals surface area (Å²) < 4.78 is 4.70. The lowest BCUT2D eigenvalue weighted by molar-refractivity contribution is -0.139. The summed E-state index contributed by atoms with van der Waals surface area (Å²) in [4.78, 5) is 24.5. The summed E-state index contributed by atoms with van der Waals surface area (Å²) in [5, 5.41) is 8.94. The number of nitrogens with two attached hydrogens (primary N) is 1. The summed E-state index contributed by atoms with van der Waals surface area (Å²) in [6.45, 7) is 5.68. The average molecular weight is 314 g/mol. The van der Waals surface area contributed by atoms with Crippen LogP contribution in [0.15, 0.2) is 16.5 Å². The zero-order valence-electron chi connectivity index (χ0n) is 12.8. The molecule has 0 aromatic carbocycles. The quantitative estimate of drug-likeness (QED) is 0.791. The van der Waals surface area contributed by atoms with Crippen LogP contribution >= 0.6 is 11.8 Å². The summed E-state index contributed by atoms with van der Waals surface area (Å²) in [6, 6.07) is 2.65. The average Bonchev–Trinajstić information content (AvgIpc) is 2.80. The molecule has 7 heteroatoms. The number of carbonyl (C=O) groups is 2. The number of carboxylic acid groups (broad SMARTS) is 1. The number of amides is 1. The molecule has 0 bridgehead atoms. The minimum Gasteiger partial charge on any atom is -0.480 e. The Morgan fingerprint density at radius 3 is 2.57 bits per heavy atom. The van der Waals surface area contributed by atoms with E-state index in [4.69, 9.17) is 15.3 Å². The number of aryl methyl sites for hydroxylation is 1. The molecule has 3 N–H and O–H groups in total. The molecule has 21 heavy (non-hydrogen) atoms. The highest BCUT2D eigenvalue weighted by Crippen LogP contribution is 2.27. The molecule has 0 fully saturated rings. The van der Waals surface area contributed by atoms with Gasteiger partial charge in [0.05, 0.1) is 12.3 Å². The molecule has 0 aliphatic heterocycles. The third-order valence-corrected chi connectivity index (χ3v) is 4.59. The van der Waals surface area contributed by atoms with Crippen molar-refractivity contribution in [3.63, 3.8) is 0 Å². The van der Waals surface area contributed by atoms with Crippen LogP contribution in [0.25, 0.3) is 0 Å². The van der Waals surface area contributed by atoms with Gasteiger partial charge in [0.25, 0.3) is 0 Å². The maximum absolute atomic E-state index is 12.1. The zero-order chi connectivity index (χ0) is 16.2. The smallest absolute Gasteiger partial charge is 0.321 e. The van der Waals surface area contributed by atoms with Crippen molar-refractivity contribution >= 4 is 23.6 Å². The van der Waals surface area contributed by atoms with E-state index in [1.807, 2.05) is 19.1 Å². The van der Waals surface area contributed by atoms with Crippen molar-refractivity contribution < 1.29 is 19.1 Å². The molecule has 1 aromatic rings. The Balaban J connectivity index is 2.51. The molecule has 0 saturated heterocycles. The van der Waals surface area contributed by atoms with E-state index >= 15 is 0 Å². The topological polar surface area (TPSA) is 96.8 Å². The van der Waals surface area contributed by atoms with Gasteiger partial charge in [0.2, 0.25) is 5.91 Å². The van der Waals surface area contributed by atoms with Crippen LogP contribution < -0.4 is 5.73 Å². The van der Waals surface area contributed by atoms with Crippen molar-refractivity contribution in [1.82, 2.24) is 4.90 Å². The highest BCUT2D eigenvalue weighted by atomic mass is 32.2. The fraction of sp³-hybridized carbons (Fsp3) is 0.571. The van der Waals surface area contributed by atoms with Crippen LogP contribution in [0.1, 0.15) is 25.4 Å². The van der Waals surface area contributed by atoms with Crippen LogP contribution in [0, 0.1) is 6.92 Å². The first kappa shape index (κ1) is 17.6. The van der Waals surface area contributed by atoms with Crippen LogP contribution in [0.2, 0.25) is 0 Å². The normalized spacial score (nSPS) is 13.0. The molecule has 0 unspecified atom stereocenters. The Morgan fingerprint density at radius 2 is 2.10 bits per heavy atom. The van der Waals surface area contributed by atoms with E-state index in [2.05, 4.69) is 0 Å². The number of carbonyl (C=O) groups excluding carboxylic acids is 1. The highest BCUT2D eigenvalue weighted by Gasteiger charge is 2.33. The predicted molar refractivity (Wildman–Crippen MR) is 82.1 cm³/mol. The van der Waals surface area contributed by atoms with Gasteiger partial charge in [-0.25, -0.2) is 0 Å². The summed E-state index contributed by atoms with van der Waals surface area (Å²) >= 11 is 1.24. The Labute approximate surface area is 128 Å². The van der Waals surface area contributed by atoms with Gasteiger partial charge in [-0.05, 0) is 32.9 Å². The maximum atomic E-state index is 12.1. The van der Waals surface area contributed by atoms with Gasteiger partial charge in [-0.3, -0.25) is 9.59 Å². The van der Waals surface area contributed by atoms with E-state index in [1.165, 1.54) is 11.8 Å². The monoisotopic (exact) mass is 314 g/mol. The first-order valence-electron chi connectivity index (χ1n) is 6.55. The van der Waals surface area contributed by atoms with Crippen molar-refractivity contribution in [2.24, 2.45) is 5.73 Å². The lowest BCUT2D eigenvalue weighted by atomic mass is 10.1. The molecule has 0 aliphatic rings. The second-order valence-corrected chi connectivity index (χ2v) is 7.10. The molecular weight excluding hydrogens is 292 g/mol. The van der Waals surface area contributed by atoms with Crippen molar-refractivity contribution in [1.29, 1.82) is 0 Å². The van der Waals surface area contributed by atoms with E-state index < -0.39 is 16.8 Å². The molecule has 0 aliphatic carbocycles. The fourth-order valence-electron chi connectivity index (χ4n) is 1.64. The standard InChI is InChI=1S/C14H22N2O4S/c1-9-5-6-10(20-9)7-16(4)11(17)8-21-14(2,3)12(15)13(18)19/h5-6,12H,7-8,15H2,1-4H3,(H,18,19)/t12-/m0/s1. The van der Waals surface area contributed by atoms with E-state index in [9.17, 15) is 9.59 Å². The number of thioether (sulfide) groups is 1. The van der Waals surface area contributed by atoms with E-state index in [0.717, 1.165) is 11.5 Å². The number of furan rings is 1. The van der Waals surface area contributed by atoms with Crippen molar-refractivity contribution in [2.75, 3.05) is 12.8 Å². The van der Waals surface area contributed by atoms with Crippen LogP contribution in [-0.4, -0.2) is 45.5 Å². The second kappa shape index (κ2) is 7.00. The van der Waals surface area contributed by atoms with Gasteiger partial charge in [0.15, 0.2) is 0 Å². The maximum Gasteiger partial charge on any atom is 0.321 e. The Bertz CT molecular complexity index is 513. The Hall–Kier alpha value is -1.47. The number of hydrogen-bond donors (Lipinski definition) is 2. The van der Waals surface area contributed by atoms with Gasteiger partial charge in [-0.1, -0.05) is 0 Å². The largest absolute Gasteiger partial charge is 0.480 e. The van der Waals surface area contributed by atoms with Crippen LogP contribution in [-0.2, 0) is 16.1 Å². The van der Waals surface area contributed by atoms with Gasteiger partial charge in [-0.15, -0.1) is 11.8 Å². The number of carboxylic acids is 1. The van der Waals surface area contributed by atoms with E-state index in [-0.39, 0.29) is 11.7 Å². The summed E-state index contributed by atoms with van der Waals surface area (Å²) in [7, 11) is 1.69. The minimum atomic E-state index is -1.07. The number of aliphatic carboxylic acids is 1. The zero-order valence-corrected chi connectivity index (χ0v) is 13.6. The van der Waals surface area contributed by atoms with Crippen LogP contribution in [0.5, 0.6) is 0 Å². The lowest BCUT2D eigenvalue weighted by Crippen LogP contribution is -2.47. The van der Waals surface area contributed by atoms with Crippen LogP contribution in [0.4, 0.5) is 0 Å². The van der Waals surface area contributed by atoms with Crippen molar-refractivity contribution in [2.45, 2.75) is 38.1 Å². The molecule has 1 atom stereocenters. The van der Waals surface area contributed by atoms with Gasteiger partial charge in [0.1, 0.15) is 17.6 Å². The first-order valence-corrected chi connectivity index (χ1v) is 7.53. The molecule has 1 heterocycles. The van der Waals surface area contributed by atoms with E-state index in [1.54, 1.807) is 25.8 Å². The first-order chi connectivity index (χ1) is 9.63. The SMILES string of the molecule is Cc1ccc(CN(C)C(=O)CSC(C)(C)[C@@H](N)C(=O)O)o1. The van der Waals surface area contributed by atoms with Gasteiger partial charge in [0, 0.05) is 11.8 Å². The third-order valence-electron chi connectivity index (χ3n) is 3.20. The summed E-state index contributed by atoms with van der Waals surface area (Å²) in [5.74, 6) is 0.521. The molecule has 0 radical (unpaired) electrons. The number of nitrogens with zero attached hydrogens (tertiary/aromatic N) is 1. The molecule has 0 spiro atoms.